The Morgan fingerprint density at radius 1 is 1.90 bits per heavy atom. The average Bonchev–Trinajstić information content (AvgIpc) is 2.35. The van der Waals surface area contributed by atoms with Gasteiger partial charge < -0.3 is 9.47 Å². The minimum absolute atomic E-state index is 0.0742. The van der Waals surface area contributed by atoms with Gasteiger partial charge in [0.1, 0.15) is 4.60 Å². The molecule has 0 spiro atoms. The molecular formula is C6H10BrN3. The molecular weight excluding hydrogens is 194 g/mol. The SMILES string of the molecule is [2H]c1c(Br)nc(N(C([2H])([2H])[2H])C([2H])([2H])[2H])n1C([2H])([2H])[2H]. The highest BCUT2D eigenvalue weighted by molar-refractivity contribution is 9.10. The van der Waals surface area contributed by atoms with Gasteiger partial charge in [-0.1, -0.05) is 0 Å². The third kappa shape index (κ3) is 1.31. The quantitative estimate of drug-likeness (QED) is 0.701. The molecule has 0 atom stereocenters. The molecule has 0 radical (unpaired) electrons. The van der Waals surface area contributed by atoms with Crippen LogP contribution in [0, 0.1) is 0 Å². The molecule has 0 bridgehead atoms. The lowest BCUT2D eigenvalue weighted by molar-refractivity contribution is 0.867. The summed E-state index contributed by atoms with van der Waals surface area (Å²) in [6, 6.07) is 0. The third-order valence-electron chi connectivity index (χ3n) is 0.802. The molecule has 4 heteroatoms. The zero-order valence-electron chi connectivity index (χ0n) is 14.7. The van der Waals surface area contributed by atoms with Gasteiger partial charge >= 0.3 is 0 Å². The van der Waals surface area contributed by atoms with Crippen molar-refractivity contribution in [2.45, 2.75) is 0 Å². The summed E-state index contributed by atoms with van der Waals surface area (Å²) in [5.41, 5.74) is 0. The average molecular weight is 214 g/mol. The van der Waals surface area contributed by atoms with Crippen molar-refractivity contribution in [3.05, 3.63) is 10.8 Å². The Labute approximate surface area is 82.8 Å². The summed E-state index contributed by atoms with van der Waals surface area (Å²) in [5, 5.41) is 0. The number of imidazole rings is 1. The number of halogens is 1. The van der Waals surface area contributed by atoms with Crippen molar-refractivity contribution in [2.75, 3.05) is 18.9 Å². The van der Waals surface area contributed by atoms with Crippen molar-refractivity contribution in [1.82, 2.24) is 9.55 Å². The number of rotatable bonds is 1. The third-order valence-corrected chi connectivity index (χ3v) is 1.16. The van der Waals surface area contributed by atoms with Gasteiger partial charge in [-0.3, -0.25) is 0 Å². The van der Waals surface area contributed by atoms with Gasteiger partial charge in [0.25, 0.3) is 0 Å². The largest absolute Gasteiger partial charge is 0.348 e. The fourth-order valence-electron chi connectivity index (χ4n) is 0.455. The normalized spacial score (nSPS) is 28.5. The molecule has 1 heterocycles. The maximum Gasteiger partial charge on any atom is 0.205 e. The molecule has 1 aromatic heterocycles. The number of nitrogens with zero attached hydrogens (tertiary/aromatic N) is 3. The summed E-state index contributed by atoms with van der Waals surface area (Å²) in [5.74, 6) is -0.845. The van der Waals surface area contributed by atoms with Crippen LogP contribution in [0.15, 0.2) is 10.8 Å². The van der Waals surface area contributed by atoms with Crippen LogP contribution in [0.3, 0.4) is 0 Å². The smallest absolute Gasteiger partial charge is 0.205 e. The van der Waals surface area contributed by atoms with Crippen molar-refractivity contribution in [1.29, 1.82) is 0 Å². The first kappa shape index (κ1) is 1.80. The molecule has 0 saturated carbocycles. The summed E-state index contributed by atoms with van der Waals surface area (Å²) in [7, 11) is 0. The second-order valence-electron chi connectivity index (χ2n) is 1.49. The van der Waals surface area contributed by atoms with E-state index in [0.717, 1.165) is 0 Å². The number of aromatic nitrogens is 2. The molecule has 0 amide bonds. The van der Waals surface area contributed by atoms with Crippen LogP contribution in [0.1, 0.15) is 13.7 Å². The predicted molar refractivity (Wildman–Crippen MR) is 45.2 cm³/mol. The first-order valence-corrected chi connectivity index (χ1v) is 3.02. The fourth-order valence-corrected chi connectivity index (χ4v) is 0.791. The Morgan fingerprint density at radius 3 is 3.30 bits per heavy atom. The molecule has 0 aliphatic carbocycles. The highest BCUT2D eigenvalue weighted by atomic mass is 79.9. The van der Waals surface area contributed by atoms with E-state index in [9.17, 15) is 0 Å². The maximum absolute atomic E-state index is 7.57. The first-order chi connectivity index (χ1) is 8.67. The summed E-state index contributed by atoms with van der Waals surface area (Å²) in [6.07, 6.45) is -0.640. The van der Waals surface area contributed by atoms with Crippen LogP contribution in [0.4, 0.5) is 5.95 Å². The van der Waals surface area contributed by atoms with E-state index < -0.39 is 33.0 Å². The molecule has 0 saturated heterocycles. The van der Waals surface area contributed by atoms with Gasteiger partial charge in [-0.25, -0.2) is 4.98 Å². The topological polar surface area (TPSA) is 21.1 Å². The van der Waals surface area contributed by atoms with Crippen molar-refractivity contribution in [2.24, 2.45) is 6.98 Å². The highest BCUT2D eigenvalue weighted by Crippen LogP contribution is 2.13. The van der Waals surface area contributed by atoms with E-state index in [-0.39, 0.29) is 14.1 Å². The van der Waals surface area contributed by atoms with Crippen LogP contribution in [-0.2, 0) is 6.98 Å². The van der Waals surface area contributed by atoms with E-state index in [1.165, 1.54) is 0 Å². The van der Waals surface area contributed by atoms with E-state index in [4.69, 9.17) is 13.7 Å². The summed E-state index contributed by atoms with van der Waals surface area (Å²) >= 11 is 2.80. The molecule has 3 nitrogen and oxygen atoms in total. The second kappa shape index (κ2) is 2.62. The number of hydrogen-bond donors (Lipinski definition) is 0. The second-order valence-corrected chi connectivity index (χ2v) is 2.24. The lowest BCUT2D eigenvalue weighted by Crippen LogP contribution is -2.13. The van der Waals surface area contributed by atoms with Gasteiger partial charge in [0.15, 0.2) is 0 Å². The minimum Gasteiger partial charge on any atom is -0.348 e. The Balaban J connectivity index is 3.63. The summed E-state index contributed by atoms with van der Waals surface area (Å²) < 4.78 is 73.0. The molecule has 10 heavy (non-hydrogen) atoms. The molecule has 0 aliphatic rings. The molecule has 0 unspecified atom stereocenters. The molecule has 56 valence electrons. The van der Waals surface area contributed by atoms with Crippen molar-refractivity contribution >= 4 is 21.9 Å². The van der Waals surface area contributed by atoms with Crippen LogP contribution in [0.2, 0.25) is 0 Å². The first-order valence-electron chi connectivity index (χ1n) is 7.23. The Morgan fingerprint density at radius 2 is 2.70 bits per heavy atom. The minimum atomic E-state index is -3.15. The lowest BCUT2D eigenvalue weighted by atomic mass is 10.8. The molecule has 0 fully saturated rings. The van der Waals surface area contributed by atoms with Crippen LogP contribution < -0.4 is 4.90 Å². The number of hydrogen-bond acceptors (Lipinski definition) is 2. The number of anilines is 1. The van der Waals surface area contributed by atoms with E-state index in [0.29, 0.717) is 0 Å². The van der Waals surface area contributed by atoms with Crippen molar-refractivity contribution < 1.29 is 13.7 Å². The molecule has 0 N–H and O–H groups in total. The van der Waals surface area contributed by atoms with Gasteiger partial charge in [-0.05, 0) is 15.9 Å². The van der Waals surface area contributed by atoms with Crippen molar-refractivity contribution in [3.8, 4) is 0 Å². The van der Waals surface area contributed by atoms with E-state index in [2.05, 4.69) is 20.9 Å². The molecule has 1 rings (SSSR count). The van der Waals surface area contributed by atoms with E-state index in [1.807, 2.05) is 0 Å². The summed E-state index contributed by atoms with van der Waals surface area (Å²) in [4.78, 5) is 3.47. The highest BCUT2D eigenvalue weighted by Gasteiger charge is 2.02. The Kier molecular flexibility index (Phi) is 0.471. The predicted octanol–water partition coefficient (Wildman–Crippen LogP) is 1.25. The zero-order chi connectivity index (χ0) is 16.1. The monoisotopic (exact) mass is 213 g/mol. The lowest BCUT2D eigenvalue weighted by Gasteiger charge is -2.09. The van der Waals surface area contributed by atoms with Crippen LogP contribution in [0.25, 0.3) is 0 Å². The van der Waals surface area contributed by atoms with E-state index >= 15 is 0 Å². The molecule has 0 aromatic carbocycles. The van der Waals surface area contributed by atoms with Gasteiger partial charge in [0, 0.05) is 39.4 Å². The standard InChI is InChI=1S/C6H10BrN3/c1-9(2)6-8-5(7)4-10(6)3/h4H,1-3H3/i1D3,2D3,3D3,4D. The zero-order valence-corrected chi connectivity index (χ0v) is 6.31. The summed E-state index contributed by atoms with van der Waals surface area (Å²) in [6.45, 7) is -9.24. The fraction of sp³-hybridized carbons (Fsp3) is 0.500. The van der Waals surface area contributed by atoms with Gasteiger partial charge in [-0.2, -0.15) is 0 Å². The van der Waals surface area contributed by atoms with Crippen LogP contribution in [0.5, 0.6) is 0 Å². The maximum atomic E-state index is 7.57. The van der Waals surface area contributed by atoms with Crippen LogP contribution in [-0.4, -0.2) is 23.5 Å². The van der Waals surface area contributed by atoms with E-state index in [1.54, 1.807) is 0 Å². The van der Waals surface area contributed by atoms with Gasteiger partial charge in [0.05, 0.1) is 1.37 Å². The Hall–Kier alpha value is -0.510. The van der Waals surface area contributed by atoms with Crippen LogP contribution >= 0.6 is 15.9 Å². The van der Waals surface area contributed by atoms with Gasteiger partial charge in [0.2, 0.25) is 5.95 Å². The Bertz CT molecular complexity index is 483. The molecule has 1 aromatic rings. The molecule has 0 aliphatic heterocycles. The van der Waals surface area contributed by atoms with Crippen molar-refractivity contribution in [3.63, 3.8) is 0 Å². The van der Waals surface area contributed by atoms with Gasteiger partial charge in [-0.15, -0.1) is 0 Å².